The van der Waals surface area contributed by atoms with Crippen molar-refractivity contribution in [1.82, 2.24) is 19.8 Å². The predicted octanol–water partition coefficient (Wildman–Crippen LogP) is 3.67. The third kappa shape index (κ3) is 4.55. The third-order valence-electron chi connectivity index (χ3n) is 4.91. The molecule has 2 aromatic heterocycles. The van der Waals surface area contributed by atoms with Gasteiger partial charge < -0.3 is 4.74 Å². The summed E-state index contributed by atoms with van der Waals surface area (Å²) in [5.41, 5.74) is 3.00. The Kier molecular flexibility index (Phi) is 5.95. The molecule has 0 saturated carbocycles. The number of methoxy groups -OCH3 is 1. The number of ether oxygens (including phenoxy) is 1. The van der Waals surface area contributed by atoms with Crippen LogP contribution in [-0.2, 0) is 13.1 Å². The van der Waals surface area contributed by atoms with Crippen molar-refractivity contribution in [3.8, 4) is 16.5 Å². The molecule has 7 heteroatoms. The lowest BCUT2D eigenvalue weighted by atomic mass is 10.2. The van der Waals surface area contributed by atoms with Crippen LogP contribution in [0.2, 0.25) is 0 Å². The average molecular weight is 399 g/mol. The highest BCUT2D eigenvalue weighted by Crippen LogP contribution is 2.23. The second-order valence-electron chi connectivity index (χ2n) is 6.88. The number of hydrogen-bond donors (Lipinski definition) is 0. The van der Waals surface area contributed by atoms with E-state index in [1.807, 2.05) is 24.3 Å². The van der Waals surface area contributed by atoms with Gasteiger partial charge in [-0.1, -0.05) is 12.1 Å². The van der Waals surface area contributed by atoms with Crippen LogP contribution in [-0.4, -0.2) is 53.1 Å². The van der Waals surface area contributed by atoms with Crippen molar-refractivity contribution >= 4 is 11.3 Å². The molecule has 0 N–H and O–H groups in total. The Morgan fingerprint density at radius 3 is 2.54 bits per heavy atom. The molecule has 28 heavy (non-hydrogen) atoms. The molecule has 0 atom stereocenters. The summed E-state index contributed by atoms with van der Waals surface area (Å²) in [5, 5.41) is 3.09. The Hall–Kier alpha value is -2.35. The van der Waals surface area contributed by atoms with Gasteiger partial charge in [-0.05, 0) is 29.8 Å². The van der Waals surface area contributed by atoms with Crippen LogP contribution in [0.15, 0.2) is 48.0 Å². The minimum absolute atomic E-state index is 0.293. The van der Waals surface area contributed by atoms with E-state index >= 15 is 0 Å². The molecule has 5 nitrogen and oxygen atoms in total. The molecule has 1 aliphatic rings. The van der Waals surface area contributed by atoms with Crippen molar-refractivity contribution in [2.45, 2.75) is 13.1 Å². The van der Waals surface area contributed by atoms with Crippen molar-refractivity contribution in [2.75, 3.05) is 33.3 Å². The fraction of sp³-hybridized carbons (Fsp3) is 0.333. The maximum Gasteiger partial charge on any atom is 0.165 e. The Morgan fingerprint density at radius 1 is 1.07 bits per heavy atom. The van der Waals surface area contributed by atoms with Crippen LogP contribution < -0.4 is 4.74 Å². The number of aromatic nitrogens is 2. The molecular formula is C21H23FN4OS. The number of thiazole rings is 1. The van der Waals surface area contributed by atoms with Gasteiger partial charge in [0.15, 0.2) is 11.6 Å². The maximum atomic E-state index is 13.9. The standard InChI is InChI=1S/C21H23FN4OS/c1-27-20-6-5-16(12-18(20)22)13-25-8-10-26(11-9-25)14-17-15-28-21(24-17)19-4-2-3-7-23-19/h2-7,12,15H,8-11,13-14H2,1H3. The minimum Gasteiger partial charge on any atom is -0.494 e. The number of rotatable bonds is 6. The Labute approximate surface area is 168 Å². The van der Waals surface area contributed by atoms with Gasteiger partial charge in [-0.25, -0.2) is 9.37 Å². The number of hydrogen-bond acceptors (Lipinski definition) is 6. The van der Waals surface area contributed by atoms with Crippen molar-refractivity contribution in [3.05, 3.63) is 65.0 Å². The van der Waals surface area contributed by atoms with E-state index in [2.05, 4.69) is 20.2 Å². The zero-order valence-electron chi connectivity index (χ0n) is 15.8. The molecule has 0 amide bonds. The summed E-state index contributed by atoms with van der Waals surface area (Å²) < 4.78 is 18.9. The molecule has 3 aromatic rings. The fourth-order valence-electron chi connectivity index (χ4n) is 3.39. The smallest absolute Gasteiger partial charge is 0.165 e. The van der Waals surface area contributed by atoms with E-state index in [0.29, 0.717) is 5.75 Å². The molecule has 0 radical (unpaired) electrons. The number of benzene rings is 1. The van der Waals surface area contributed by atoms with Crippen LogP contribution in [0.3, 0.4) is 0 Å². The molecule has 1 saturated heterocycles. The quantitative estimate of drug-likeness (QED) is 0.634. The van der Waals surface area contributed by atoms with E-state index in [0.717, 1.165) is 61.2 Å². The summed E-state index contributed by atoms with van der Waals surface area (Å²) in [6.07, 6.45) is 1.80. The molecule has 0 aliphatic carbocycles. The summed E-state index contributed by atoms with van der Waals surface area (Å²) in [7, 11) is 1.49. The zero-order valence-corrected chi connectivity index (χ0v) is 16.7. The van der Waals surface area contributed by atoms with Crippen molar-refractivity contribution < 1.29 is 9.13 Å². The molecule has 0 bridgehead atoms. The molecular weight excluding hydrogens is 375 g/mol. The molecule has 3 heterocycles. The van der Waals surface area contributed by atoms with Crippen LogP contribution >= 0.6 is 11.3 Å². The molecule has 0 spiro atoms. The lowest BCUT2D eigenvalue weighted by Gasteiger charge is -2.34. The van der Waals surface area contributed by atoms with Crippen molar-refractivity contribution in [2.24, 2.45) is 0 Å². The number of piperazine rings is 1. The van der Waals surface area contributed by atoms with Gasteiger partial charge in [0.25, 0.3) is 0 Å². The van der Waals surface area contributed by atoms with Crippen LogP contribution in [0.4, 0.5) is 4.39 Å². The monoisotopic (exact) mass is 398 g/mol. The summed E-state index contributed by atoms with van der Waals surface area (Å²) in [6.45, 7) is 5.50. The fourth-order valence-corrected chi connectivity index (χ4v) is 4.17. The lowest BCUT2D eigenvalue weighted by molar-refractivity contribution is 0.121. The minimum atomic E-state index is -0.300. The van der Waals surface area contributed by atoms with E-state index in [9.17, 15) is 4.39 Å². The average Bonchev–Trinajstić information content (AvgIpc) is 3.19. The van der Waals surface area contributed by atoms with Crippen LogP contribution in [0.5, 0.6) is 5.75 Å². The second-order valence-corrected chi connectivity index (χ2v) is 7.74. The molecule has 1 fully saturated rings. The number of pyridine rings is 1. The summed E-state index contributed by atoms with van der Waals surface area (Å²) in [4.78, 5) is 13.9. The third-order valence-corrected chi connectivity index (χ3v) is 5.82. The van der Waals surface area contributed by atoms with Crippen molar-refractivity contribution in [1.29, 1.82) is 0 Å². The lowest BCUT2D eigenvalue weighted by Crippen LogP contribution is -2.45. The van der Waals surface area contributed by atoms with E-state index in [-0.39, 0.29) is 5.82 Å². The Bertz CT molecular complexity index is 910. The van der Waals surface area contributed by atoms with Gasteiger partial charge in [0, 0.05) is 50.8 Å². The van der Waals surface area contributed by atoms with E-state index in [1.165, 1.54) is 7.11 Å². The molecule has 146 valence electrons. The predicted molar refractivity (Wildman–Crippen MR) is 109 cm³/mol. The van der Waals surface area contributed by atoms with Crippen molar-refractivity contribution in [3.63, 3.8) is 0 Å². The summed E-state index contributed by atoms with van der Waals surface area (Å²) in [5.74, 6) is -0.00668. The normalized spacial score (nSPS) is 15.6. The van der Waals surface area contributed by atoms with E-state index < -0.39 is 0 Å². The molecule has 4 rings (SSSR count). The molecule has 1 aliphatic heterocycles. The van der Waals surface area contributed by atoms with Gasteiger partial charge in [0.1, 0.15) is 5.01 Å². The van der Waals surface area contributed by atoms with E-state index in [1.54, 1.807) is 29.7 Å². The van der Waals surface area contributed by atoms with Gasteiger partial charge >= 0.3 is 0 Å². The summed E-state index contributed by atoms with van der Waals surface area (Å²) in [6, 6.07) is 11.1. The Morgan fingerprint density at radius 2 is 1.86 bits per heavy atom. The van der Waals surface area contributed by atoms with Crippen LogP contribution in [0.25, 0.3) is 10.7 Å². The first-order valence-electron chi connectivity index (χ1n) is 9.34. The maximum absolute atomic E-state index is 13.9. The van der Waals surface area contributed by atoms with Gasteiger partial charge in [-0.15, -0.1) is 11.3 Å². The number of nitrogens with zero attached hydrogens (tertiary/aromatic N) is 4. The first-order valence-corrected chi connectivity index (χ1v) is 10.2. The van der Waals surface area contributed by atoms with Crippen LogP contribution in [0.1, 0.15) is 11.3 Å². The Balaban J connectivity index is 1.29. The van der Waals surface area contributed by atoms with Crippen LogP contribution in [0, 0.1) is 5.82 Å². The van der Waals surface area contributed by atoms with E-state index in [4.69, 9.17) is 9.72 Å². The molecule has 1 aromatic carbocycles. The van der Waals surface area contributed by atoms with Gasteiger partial charge in [0.2, 0.25) is 0 Å². The highest BCUT2D eigenvalue weighted by atomic mass is 32.1. The number of halogens is 1. The van der Waals surface area contributed by atoms with Gasteiger partial charge in [-0.3, -0.25) is 14.8 Å². The van der Waals surface area contributed by atoms with Gasteiger partial charge in [0.05, 0.1) is 18.5 Å². The first-order chi connectivity index (χ1) is 13.7. The van der Waals surface area contributed by atoms with Gasteiger partial charge in [-0.2, -0.15) is 0 Å². The highest BCUT2D eigenvalue weighted by Gasteiger charge is 2.19. The largest absolute Gasteiger partial charge is 0.494 e. The topological polar surface area (TPSA) is 41.5 Å². The SMILES string of the molecule is COc1ccc(CN2CCN(Cc3csc(-c4ccccn4)n3)CC2)cc1F. The highest BCUT2D eigenvalue weighted by molar-refractivity contribution is 7.13. The second kappa shape index (κ2) is 8.77. The summed E-state index contributed by atoms with van der Waals surface area (Å²) >= 11 is 1.64. The molecule has 0 unspecified atom stereocenters. The first kappa shape index (κ1) is 19.0. The zero-order chi connectivity index (χ0) is 19.3.